The van der Waals surface area contributed by atoms with Crippen LogP contribution in [0.2, 0.25) is 0 Å². The van der Waals surface area contributed by atoms with Crippen LogP contribution in [0.5, 0.6) is 0 Å². The molecule has 65 valence electrons. The SMILES string of the molecule is C[CH]CC(C)CCC=C(C)C. The van der Waals surface area contributed by atoms with Gasteiger partial charge >= 0.3 is 0 Å². The molecule has 0 aliphatic rings. The van der Waals surface area contributed by atoms with E-state index in [0.717, 1.165) is 5.92 Å². The van der Waals surface area contributed by atoms with E-state index in [2.05, 4.69) is 40.2 Å². The lowest BCUT2D eigenvalue weighted by atomic mass is 10.00. The molecule has 0 heterocycles. The van der Waals surface area contributed by atoms with Crippen LogP contribution in [-0.4, -0.2) is 0 Å². The second-order valence-corrected chi connectivity index (χ2v) is 3.61. The van der Waals surface area contributed by atoms with Crippen molar-refractivity contribution in [1.29, 1.82) is 0 Å². The molecular formula is C11H21. The van der Waals surface area contributed by atoms with Crippen molar-refractivity contribution >= 4 is 0 Å². The summed E-state index contributed by atoms with van der Waals surface area (Å²) in [6.07, 6.45) is 8.42. The van der Waals surface area contributed by atoms with Gasteiger partial charge < -0.3 is 0 Å². The van der Waals surface area contributed by atoms with Crippen LogP contribution in [0, 0.1) is 12.3 Å². The van der Waals surface area contributed by atoms with Gasteiger partial charge in [0.1, 0.15) is 0 Å². The van der Waals surface area contributed by atoms with E-state index in [0.29, 0.717) is 0 Å². The Morgan fingerprint density at radius 3 is 2.45 bits per heavy atom. The molecule has 0 aromatic rings. The van der Waals surface area contributed by atoms with E-state index < -0.39 is 0 Å². The average Bonchev–Trinajstić information content (AvgIpc) is 1.87. The van der Waals surface area contributed by atoms with Crippen LogP contribution in [0.25, 0.3) is 0 Å². The Kier molecular flexibility index (Phi) is 6.30. The maximum absolute atomic E-state index is 2.33. The summed E-state index contributed by atoms with van der Waals surface area (Å²) in [5.41, 5.74) is 1.44. The van der Waals surface area contributed by atoms with Crippen molar-refractivity contribution in [3.8, 4) is 0 Å². The second-order valence-electron chi connectivity index (χ2n) is 3.61. The Labute approximate surface area is 71.7 Å². The third-order valence-corrected chi connectivity index (χ3v) is 1.85. The minimum Gasteiger partial charge on any atom is -0.0859 e. The van der Waals surface area contributed by atoms with Gasteiger partial charge in [0.05, 0.1) is 0 Å². The zero-order valence-corrected chi connectivity index (χ0v) is 8.35. The molecule has 0 aromatic carbocycles. The van der Waals surface area contributed by atoms with Crippen molar-refractivity contribution < 1.29 is 0 Å². The van der Waals surface area contributed by atoms with Gasteiger partial charge in [-0.15, -0.1) is 0 Å². The highest BCUT2D eigenvalue weighted by atomic mass is 14.0. The minimum absolute atomic E-state index is 0.857. The van der Waals surface area contributed by atoms with Crippen molar-refractivity contribution in [2.45, 2.75) is 47.0 Å². The molecule has 0 saturated carbocycles. The zero-order valence-electron chi connectivity index (χ0n) is 8.35. The maximum Gasteiger partial charge on any atom is -0.0346 e. The van der Waals surface area contributed by atoms with Crippen LogP contribution in [0.3, 0.4) is 0 Å². The lowest BCUT2D eigenvalue weighted by Crippen LogP contribution is -1.92. The van der Waals surface area contributed by atoms with Gasteiger partial charge in [0.2, 0.25) is 0 Å². The third kappa shape index (κ3) is 7.64. The molecule has 0 aliphatic heterocycles. The monoisotopic (exact) mass is 153 g/mol. The summed E-state index contributed by atoms with van der Waals surface area (Å²) in [7, 11) is 0. The van der Waals surface area contributed by atoms with E-state index in [1.165, 1.54) is 24.8 Å². The maximum atomic E-state index is 2.33. The first kappa shape index (κ1) is 10.7. The highest BCUT2D eigenvalue weighted by molar-refractivity contribution is 4.92. The number of hydrogen-bond donors (Lipinski definition) is 0. The molecule has 0 aliphatic carbocycles. The Balaban J connectivity index is 3.31. The van der Waals surface area contributed by atoms with Crippen molar-refractivity contribution in [3.05, 3.63) is 18.1 Å². The average molecular weight is 153 g/mol. The van der Waals surface area contributed by atoms with E-state index in [9.17, 15) is 0 Å². The van der Waals surface area contributed by atoms with Gasteiger partial charge in [0, 0.05) is 0 Å². The predicted octanol–water partition coefficient (Wildman–Crippen LogP) is 3.98. The molecule has 0 nitrogen and oxygen atoms in total. The van der Waals surface area contributed by atoms with Crippen LogP contribution in [-0.2, 0) is 0 Å². The summed E-state index contributed by atoms with van der Waals surface area (Å²) in [5.74, 6) is 0.857. The standard InChI is InChI=1S/C11H21/c1-5-7-11(4)9-6-8-10(2)3/h5,8,11H,6-7,9H2,1-4H3. The molecule has 1 atom stereocenters. The molecule has 0 amide bonds. The Morgan fingerprint density at radius 1 is 1.36 bits per heavy atom. The molecule has 0 N–H and O–H groups in total. The first-order valence-electron chi connectivity index (χ1n) is 4.58. The van der Waals surface area contributed by atoms with Gasteiger partial charge in [-0.3, -0.25) is 0 Å². The summed E-state index contributed by atoms with van der Waals surface area (Å²) < 4.78 is 0. The van der Waals surface area contributed by atoms with Gasteiger partial charge in [-0.2, -0.15) is 0 Å². The molecule has 0 spiro atoms. The zero-order chi connectivity index (χ0) is 8.69. The molecule has 1 radical (unpaired) electrons. The fraction of sp³-hybridized carbons (Fsp3) is 0.727. The summed E-state index contributed by atoms with van der Waals surface area (Å²) in [6, 6.07) is 0. The largest absolute Gasteiger partial charge is 0.0859 e. The third-order valence-electron chi connectivity index (χ3n) is 1.85. The number of hydrogen-bond acceptors (Lipinski definition) is 0. The van der Waals surface area contributed by atoms with Crippen molar-refractivity contribution in [1.82, 2.24) is 0 Å². The molecule has 11 heavy (non-hydrogen) atoms. The van der Waals surface area contributed by atoms with Crippen LogP contribution in [0.1, 0.15) is 47.0 Å². The smallest absolute Gasteiger partial charge is 0.0346 e. The highest BCUT2D eigenvalue weighted by Gasteiger charge is 1.97. The fourth-order valence-corrected chi connectivity index (χ4v) is 1.18. The molecule has 0 fully saturated rings. The number of rotatable bonds is 5. The molecule has 0 heteroatoms. The van der Waals surface area contributed by atoms with E-state index in [1.54, 1.807) is 0 Å². The van der Waals surface area contributed by atoms with Gasteiger partial charge in [-0.05, 0) is 45.4 Å². The van der Waals surface area contributed by atoms with E-state index in [4.69, 9.17) is 0 Å². The highest BCUT2D eigenvalue weighted by Crippen LogP contribution is 2.12. The van der Waals surface area contributed by atoms with E-state index >= 15 is 0 Å². The Hall–Kier alpha value is -0.260. The van der Waals surface area contributed by atoms with Gasteiger partial charge in [0.25, 0.3) is 0 Å². The molecule has 0 saturated heterocycles. The predicted molar refractivity (Wildman–Crippen MR) is 52.4 cm³/mol. The minimum atomic E-state index is 0.857. The van der Waals surface area contributed by atoms with E-state index in [-0.39, 0.29) is 0 Å². The van der Waals surface area contributed by atoms with Gasteiger partial charge in [0.15, 0.2) is 0 Å². The molecule has 1 unspecified atom stereocenters. The summed E-state index contributed by atoms with van der Waals surface area (Å²) in [5, 5.41) is 0. The quantitative estimate of drug-likeness (QED) is 0.524. The van der Waals surface area contributed by atoms with Gasteiger partial charge in [-0.25, -0.2) is 0 Å². The normalized spacial score (nSPS) is 12.7. The second kappa shape index (κ2) is 6.45. The summed E-state index contributed by atoms with van der Waals surface area (Å²) in [4.78, 5) is 0. The van der Waals surface area contributed by atoms with Crippen LogP contribution in [0.4, 0.5) is 0 Å². The van der Waals surface area contributed by atoms with Crippen LogP contribution < -0.4 is 0 Å². The molecule has 0 rings (SSSR count). The van der Waals surface area contributed by atoms with Crippen molar-refractivity contribution in [2.75, 3.05) is 0 Å². The van der Waals surface area contributed by atoms with Crippen LogP contribution in [0.15, 0.2) is 11.6 Å². The first-order chi connectivity index (χ1) is 5.16. The van der Waals surface area contributed by atoms with Gasteiger partial charge in [-0.1, -0.05) is 25.5 Å². The van der Waals surface area contributed by atoms with E-state index in [1.807, 2.05) is 0 Å². The lowest BCUT2D eigenvalue weighted by Gasteiger charge is -2.06. The topological polar surface area (TPSA) is 0 Å². The fourth-order valence-electron chi connectivity index (χ4n) is 1.18. The number of allylic oxidation sites excluding steroid dienone is 2. The molecule has 0 bridgehead atoms. The Morgan fingerprint density at radius 2 is 2.00 bits per heavy atom. The summed E-state index contributed by atoms with van der Waals surface area (Å²) >= 11 is 0. The first-order valence-corrected chi connectivity index (χ1v) is 4.58. The van der Waals surface area contributed by atoms with Crippen LogP contribution >= 0.6 is 0 Å². The lowest BCUT2D eigenvalue weighted by molar-refractivity contribution is 0.530. The Bertz CT molecular complexity index is 107. The molecule has 0 aromatic heterocycles. The van der Waals surface area contributed by atoms with Crippen molar-refractivity contribution in [2.24, 2.45) is 5.92 Å². The van der Waals surface area contributed by atoms with Crippen molar-refractivity contribution in [3.63, 3.8) is 0 Å². The summed E-state index contributed by atoms with van der Waals surface area (Å²) in [6.45, 7) is 8.78. The molecular weight excluding hydrogens is 132 g/mol.